The van der Waals surface area contributed by atoms with Crippen LogP contribution in [-0.2, 0) is 0 Å². The highest BCUT2D eigenvalue weighted by Crippen LogP contribution is 2.34. The highest BCUT2D eigenvalue weighted by molar-refractivity contribution is 5.98. The number of nitrogens with one attached hydrogen (secondary N) is 1. The molecule has 0 saturated heterocycles. The van der Waals surface area contributed by atoms with Gasteiger partial charge in [-0.3, -0.25) is 0 Å². The Kier molecular flexibility index (Phi) is 2.88. The summed E-state index contributed by atoms with van der Waals surface area (Å²) < 4.78 is 10.6. The fraction of sp³-hybridized carbons (Fsp3) is 0.125. The Morgan fingerprint density at radius 1 is 0.947 bits per heavy atom. The molecular weight excluding hydrogens is 238 g/mol. The summed E-state index contributed by atoms with van der Waals surface area (Å²) in [7, 11) is 3.36. The molecule has 0 fully saturated rings. The number of aromatic nitrogens is 1. The van der Waals surface area contributed by atoms with E-state index in [-0.39, 0.29) is 0 Å². The van der Waals surface area contributed by atoms with Crippen LogP contribution in [0.4, 0.5) is 0 Å². The summed E-state index contributed by atoms with van der Waals surface area (Å²) in [6.07, 6.45) is 2.00. The molecule has 0 aliphatic carbocycles. The molecule has 0 saturated carbocycles. The van der Waals surface area contributed by atoms with E-state index in [0.717, 1.165) is 33.5 Å². The largest absolute Gasteiger partial charge is 0.497 e. The van der Waals surface area contributed by atoms with Gasteiger partial charge in [0.2, 0.25) is 0 Å². The van der Waals surface area contributed by atoms with Gasteiger partial charge in [-0.25, -0.2) is 0 Å². The molecule has 3 aromatic rings. The van der Waals surface area contributed by atoms with E-state index in [1.165, 1.54) is 0 Å². The van der Waals surface area contributed by atoms with Crippen LogP contribution in [0, 0.1) is 0 Å². The van der Waals surface area contributed by atoms with E-state index in [0.29, 0.717) is 0 Å². The summed E-state index contributed by atoms with van der Waals surface area (Å²) in [5.41, 5.74) is 3.29. The summed E-state index contributed by atoms with van der Waals surface area (Å²) in [5, 5.41) is 1.15. The van der Waals surface area contributed by atoms with Gasteiger partial charge in [0.1, 0.15) is 11.5 Å². The molecule has 0 bridgehead atoms. The van der Waals surface area contributed by atoms with Crippen molar-refractivity contribution in [2.75, 3.05) is 14.2 Å². The molecule has 1 heterocycles. The minimum atomic E-state index is 0.853. The predicted octanol–water partition coefficient (Wildman–Crippen LogP) is 3.85. The van der Waals surface area contributed by atoms with Crippen LogP contribution in [0.2, 0.25) is 0 Å². The van der Waals surface area contributed by atoms with Gasteiger partial charge in [-0.1, -0.05) is 24.3 Å². The minimum absolute atomic E-state index is 0.853. The Balaban J connectivity index is 2.20. The lowest BCUT2D eigenvalue weighted by molar-refractivity contribution is 0.415. The second kappa shape index (κ2) is 4.69. The molecule has 96 valence electrons. The van der Waals surface area contributed by atoms with Crippen molar-refractivity contribution >= 4 is 10.9 Å². The van der Waals surface area contributed by atoms with Crippen LogP contribution in [0.25, 0.3) is 22.0 Å². The Hall–Kier alpha value is -2.42. The third-order valence-electron chi connectivity index (χ3n) is 3.28. The van der Waals surface area contributed by atoms with Gasteiger partial charge >= 0.3 is 0 Å². The highest BCUT2D eigenvalue weighted by Gasteiger charge is 2.09. The van der Waals surface area contributed by atoms with Crippen LogP contribution in [0.3, 0.4) is 0 Å². The van der Waals surface area contributed by atoms with Crippen molar-refractivity contribution in [1.82, 2.24) is 4.98 Å². The highest BCUT2D eigenvalue weighted by atomic mass is 16.5. The van der Waals surface area contributed by atoms with Gasteiger partial charge in [0.05, 0.1) is 19.7 Å². The number of fused-ring (bicyclic) bond motifs is 1. The van der Waals surface area contributed by atoms with E-state index < -0.39 is 0 Å². The average molecular weight is 253 g/mol. The minimum Gasteiger partial charge on any atom is -0.497 e. The number of H-pyrrole nitrogens is 1. The maximum atomic E-state index is 5.37. The number of aromatic amines is 1. The van der Waals surface area contributed by atoms with E-state index >= 15 is 0 Å². The predicted molar refractivity (Wildman–Crippen MR) is 76.8 cm³/mol. The standard InChI is InChI=1S/C16H15NO2/c1-18-12-6-3-5-11(9-12)14-10-17-16-13(14)7-4-8-15(16)19-2/h3-10,17H,1-2H3. The van der Waals surface area contributed by atoms with E-state index in [2.05, 4.69) is 17.1 Å². The van der Waals surface area contributed by atoms with Crippen molar-refractivity contribution in [3.05, 3.63) is 48.7 Å². The Morgan fingerprint density at radius 3 is 2.58 bits per heavy atom. The molecule has 0 aliphatic rings. The summed E-state index contributed by atoms with van der Waals surface area (Å²) in [6.45, 7) is 0. The summed E-state index contributed by atoms with van der Waals surface area (Å²) >= 11 is 0. The lowest BCUT2D eigenvalue weighted by Gasteiger charge is -2.04. The first-order chi connectivity index (χ1) is 9.33. The molecule has 0 atom stereocenters. The van der Waals surface area contributed by atoms with Crippen LogP contribution >= 0.6 is 0 Å². The molecule has 3 rings (SSSR count). The van der Waals surface area contributed by atoms with Gasteiger partial charge in [0.25, 0.3) is 0 Å². The van der Waals surface area contributed by atoms with Gasteiger partial charge < -0.3 is 14.5 Å². The summed E-state index contributed by atoms with van der Waals surface area (Å²) in [4.78, 5) is 3.28. The van der Waals surface area contributed by atoms with E-state index in [9.17, 15) is 0 Å². The zero-order valence-electron chi connectivity index (χ0n) is 10.9. The normalized spacial score (nSPS) is 10.6. The first-order valence-corrected chi connectivity index (χ1v) is 6.12. The Bertz CT molecular complexity index is 716. The van der Waals surface area contributed by atoms with E-state index in [4.69, 9.17) is 9.47 Å². The molecule has 0 spiro atoms. The molecule has 2 aromatic carbocycles. The van der Waals surface area contributed by atoms with Crippen molar-refractivity contribution in [3.8, 4) is 22.6 Å². The van der Waals surface area contributed by atoms with Crippen molar-refractivity contribution < 1.29 is 9.47 Å². The molecule has 0 amide bonds. The van der Waals surface area contributed by atoms with Crippen LogP contribution in [0.5, 0.6) is 11.5 Å². The fourth-order valence-electron chi connectivity index (χ4n) is 2.33. The number of para-hydroxylation sites is 1. The number of hydrogen-bond donors (Lipinski definition) is 1. The van der Waals surface area contributed by atoms with Gasteiger partial charge in [0, 0.05) is 17.1 Å². The summed E-state index contributed by atoms with van der Waals surface area (Å²) in [6, 6.07) is 14.1. The number of hydrogen-bond acceptors (Lipinski definition) is 2. The van der Waals surface area contributed by atoms with Crippen molar-refractivity contribution in [2.24, 2.45) is 0 Å². The third-order valence-corrected chi connectivity index (χ3v) is 3.28. The molecule has 0 radical (unpaired) electrons. The Morgan fingerprint density at radius 2 is 1.79 bits per heavy atom. The number of benzene rings is 2. The average Bonchev–Trinajstić information content (AvgIpc) is 2.91. The molecule has 3 heteroatoms. The lowest BCUT2D eigenvalue weighted by atomic mass is 10.0. The second-order valence-electron chi connectivity index (χ2n) is 4.32. The van der Waals surface area contributed by atoms with Crippen LogP contribution in [0.15, 0.2) is 48.7 Å². The second-order valence-corrected chi connectivity index (χ2v) is 4.32. The van der Waals surface area contributed by atoms with Crippen LogP contribution < -0.4 is 9.47 Å². The third kappa shape index (κ3) is 1.93. The fourth-order valence-corrected chi connectivity index (χ4v) is 2.33. The maximum absolute atomic E-state index is 5.37. The molecule has 19 heavy (non-hydrogen) atoms. The van der Waals surface area contributed by atoms with Crippen molar-refractivity contribution in [3.63, 3.8) is 0 Å². The van der Waals surface area contributed by atoms with Gasteiger partial charge in [-0.15, -0.1) is 0 Å². The topological polar surface area (TPSA) is 34.2 Å². The van der Waals surface area contributed by atoms with Crippen molar-refractivity contribution in [2.45, 2.75) is 0 Å². The first kappa shape index (κ1) is 11.7. The van der Waals surface area contributed by atoms with Crippen molar-refractivity contribution in [1.29, 1.82) is 0 Å². The first-order valence-electron chi connectivity index (χ1n) is 6.12. The molecule has 1 N–H and O–H groups in total. The maximum Gasteiger partial charge on any atom is 0.142 e. The lowest BCUT2D eigenvalue weighted by Crippen LogP contribution is -1.84. The molecule has 0 aliphatic heterocycles. The number of ether oxygens (including phenoxy) is 2. The molecule has 1 aromatic heterocycles. The van der Waals surface area contributed by atoms with Crippen LogP contribution in [0.1, 0.15) is 0 Å². The van der Waals surface area contributed by atoms with Gasteiger partial charge in [0.15, 0.2) is 0 Å². The molecule has 3 nitrogen and oxygen atoms in total. The SMILES string of the molecule is COc1cccc(-c2c[nH]c3c(OC)cccc23)c1. The summed E-state index contributed by atoms with van der Waals surface area (Å²) in [5.74, 6) is 1.71. The molecular formula is C16H15NO2. The van der Waals surface area contributed by atoms with Gasteiger partial charge in [-0.2, -0.15) is 0 Å². The zero-order valence-corrected chi connectivity index (χ0v) is 10.9. The smallest absolute Gasteiger partial charge is 0.142 e. The quantitative estimate of drug-likeness (QED) is 0.769. The van der Waals surface area contributed by atoms with E-state index in [1.807, 2.05) is 36.5 Å². The zero-order chi connectivity index (χ0) is 13.2. The molecule has 0 unspecified atom stereocenters. The van der Waals surface area contributed by atoms with E-state index in [1.54, 1.807) is 14.2 Å². The number of rotatable bonds is 3. The monoisotopic (exact) mass is 253 g/mol. The van der Waals surface area contributed by atoms with Crippen LogP contribution in [-0.4, -0.2) is 19.2 Å². The Labute approximate surface area is 111 Å². The number of methoxy groups -OCH3 is 2. The van der Waals surface area contributed by atoms with Gasteiger partial charge in [-0.05, 0) is 23.8 Å².